The van der Waals surface area contributed by atoms with Crippen molar-refractivity contribution >= 4 is 10.8 Å². The molecule has 0 radical (unpaired) electrons. The van der Waals surface area contributed by atoms with Crippen molar-refractivity contribution in [1.29, 1.82) is 0 Å². The summed E-state index contributed by atoms with van der Waals surface area (Å²) in [6.45, 7) is 0. The second-order valence-corrected chi connectivity index (χ2v) is 5.39. The number of hydrogen-bond donors (Lipinski definition) is 1. The van der Waals surface area contributed by atoms with E-state index >= 15 is 0 Å². The van der Waals surface area contributed by atoms with Crippen LogP contribution >= 0.6 is 0 Å². The molecule has 0 fully saturated rings. The second-order valence-electron chi connectivity index (χ2n) is 5.39. The molecule has 0 saturated carbocycles. The maximum absolute atomic E-state index is 5.60. The highest BCUT2D eigenvalue weighted by Crippen LogP contribution is 2.36. The first kappa shape index (κ1) is 11.7. The fourth-order valence-corrected chi connectivity index (χ4v) is 3.43. The summed E-state index contributed by atoms with van der Waals surface area (Å²) >= 11 is 0. The highest BCUT2D eigenvalue weighted by molar-refractivity contribution is 5.93. The monoisotopic (exact) mass is 263 g/mol. The van der Waals surface area contributed by atoms with Gasteiger partial charge in [0.25, 0.3) is 0 Å². The van der Waals surface area contributed by atoms with E-state index in [1.807, 2.05) is 19.2 Å². The summed E-state index contributed by atoms with van der Waals surface area (Å²) in [5, 5.41) is 6.19. The van der Waals surface area contributed by atoms with Crippen molar-refractivity contribution in [2.45, 2.75) is 18.9 Å². The molecule has 0 bridgehead atoms. The molecule has 3 aromatic rings. The molecule has 2 aromatic carbocycles. The maximum Gasteiger partial charge on any atom is 0.125 e. The Balaban J connectivity index is 1.97. The van der Waals surface area contributed by atoms with E-state index in [1.54, 1.807) is 6.26 Å². The van der Waals surface area contributed by atoms with E-state index in [9.17, 15) is 0 Å². The topological polar surface area (TPSA) is 25.2 Å². The van der Waals surface area contributed by atoms with Crippen LogP contribution in [0.2, 0.25) is 0 Å². The Hall–Kier alpha value is -2.06. The highest BCUT2D eigenvalue weighted by atomic mass is 16.3. The van der Waals surface area contributed by atoms with Crippen LogP contribution in [0.25, 0.3) is 10.8 Å². The molecule has 0 spiro atoms. The van der Waals surface area contributed by atoms with E-state index in [1.165, 1.54) is 40.3 Å². The number of rotatable bonds is 3. The quantitative estimate of drug-likeness (QED) is 0.776. The van der Waals surface area contributed by atoms with Crippen LogP contribution in [0, 0.1) is 0 Å². The van der Waals surface area contributed by atoms with E-state index in [2.05, 4.69) is 35.6 Å². The molecule has 0 aliphatic heterocycles. The van der Waals surface area contributed by atoms with Crippen molar-refractivity contribution in [3.63, 3.8) is 0 Å². The normalized spacial score (nSPS) is 14.8. The van der Waals surface area contributed by atoms with E-state index < -0.39 is 0 Å². The van der Waals surface area contributed by atoms with Gasteiger partial charge < -0.3 is 9.73 Å². The third kappa shape index (κ3) is 1.61. The summed E-state index contributed by atoms with van der Waals surface area (Å²) < 4.78 is 5.60. The molecule has 1 atom stereocenters. The van der Waals surface area contributed by atoms with Crippen LogP contribution in [-0.4, -0.2) is 7.05 Å². The first-order valence-electron chi connectivity index (χ1n) is 7.12. The lowest BCUT2D eigenvalue weighted by molar-refractivity contribution is 0.464. The van der Waals surface area contributed by atoms with Gasteiger partial charge in [0, 0.05) is 0 Å². The van der Waals surface area contributed by atoms with Crippen LogP contribution in [0.1, 0.15) is 28.5 Å². The van der Waals surface area contributed by atoms with Gasteiger partial charge in [0.2, 0.25) is 0 Å². The molecule has 0 saturated heterocycles. The van der Waals surface area contributed by atoms with Crippen LogP contribution in [0.5, 0.6) is 0 Å². The Bertz CT molecular complexity index is 748. The number of aryl methyl sites for hydroxylation is 2. The maximum atomic E-state index is 5.60. The zero-order valence-electron chi connectivity index (χ0n) is 11.5. The lowest BCUT2D eigenvalue weighted by Gasteiger charge is -2.17. The fourth-order valence-electron chi connectivity index (χ4n) is 3.43. The zero-order chi connectivity index (χ0) is 13.5. The van der Waals surface area contributed by atoms with Crippen molar-refractivity contribution in [2.75, 3.05) is 7.05 Å². The fraction of sp³-hybridized carbons (Fsp3) is 0.222. The average Bonchev–Trinajstić information content (AvgIpc) is 3.13. The van der Waals surface area contributed by atoms with E-state index in [0.717, 1.165) is 5.76 Å². The van der Waals surface area contributed by atoms with Gasteiger partial charge in [0.15, 0.2) is 0 Å². The lowest BCUT2D eigenvalue weighted by Crippen LogP contribution is -2.17. The first-order valence-corrected chi connectivity index (χ1v) is 7.12. The summed E-state index contributed by atoms with van der Waals surface area (Å²) in [4.78, 5) is 0. The molecule has 1 N–H and O–H groups in total. The van der Waals surface area contributed by atoms with Crippen molar-refractivity contribution in [2.24, 2.45) is 0 Å². The Kier molecular flexibility index (Phi) is 2.64. The number of furan rings is 1. The molecular weight excluding hydrogens is 246 g/mol. The van der Waals surface area contributed by atoms with E-state index in [-0.39, 0.29) is 6.04 Å². The predicted molar refractivity (Wildman–Crippen MR) is 81.0 cm³/mol. The first-order chi connectivity index (χ1) is 9.88. The largest absolute Gasteiger partial charge is 0.467 e. The third-order valence-electron chi connectivity index (χ3n) is 4.34. The number of hydrogen-bond acceptors (Lipinski definition) is 2. The standard InChI is InChI=1S/C18H17NO/c1-19-18(16-6-3-11-20-16)15-10-9-13-8-7-12-4-2-5-14(15)17(12)13/h2-6,9-11,18-19H,7-8H2,1H3. The molecule has 1 unspecified atom stereocenters. The molecule has 1 aliphatic rings. The van der Waals surface area contributed by atoms with Gasteiger partial charge in [0.05, 0.1) is 12.3 Å². The van der Waals surface area contributed by atoms with Crippen LogP contribution in [0.15, 0.2) is 53.1 Å². The molecule has 1 aliphatic carbocycles. The lowest BCUT2D eigenvalue weighted by atomic mass is 9.94. The minimum atomic E-state index is 0.106. The Morgan fingerprint density at radius 1 is 1.00 bits per heavy atom. The van der Waals surface area contributed by atoms with Gasteiger partial charge in [-0.15, -0.1) is 0 Å². The van der Waals surface area contributed by atoms with Gasteiger partial charge in [-0.05, 0) is 59.5 Å². The van der Waals surface area contributed by atoms with Gasteiger partial charge >= 0.3 is 0 Å². The second kappa shape index (κ2) is 4.50. The van der Waals surface area contributed by atoms with Gasteiger partial charge in [-0.25, -0.2) is 0 Å². The smallest absolute Gasteiger partial charge is 0.125 e. The molecule has 1 heterocycles. The van der Waals surface area contributed by atoms with Crippen LogP contribution < -0.4 is 5.32 Å². The number of benzene rings is 2. The molecular formula is C18H17NO. The Morgan fingerprint density at radius 2 is 1.85 bits per heavy atom. The third-order valence-corrected chi connectivity index (χ3v) is 4.34. The summed E-state index contributed by atoms with van der Waals surface area (Å²) in [5.41, 5.74) is 4.26. The molecule has 100 valence electrons. The summed E-state index contributed by atoms with van der Waals surface area (Å²) in [6.07, 6.45) is 4.07. The van der Waals surface area contributed by atoms with Gasteiger partial charge in [-0.1, -0.05) is 30.3 Å². The van der Waals surface area contributed by atoms with Crippen LogP contribution in [0.4, 0.5) is 0 Å². The van der Waals surface area contributed by atoms with Gasteiger partial charge in [0.1, 0.15) is 5.76 Å². The van der Waals surface area contributed by atoms with E-state index in [0.29, 0.717) is 0 Å². The molecule has 0 amide bonds. The summed E-state index contributed by atoms with van der Waals surface area (Å²) in [6, 6.07) is 15.3. The van der Waals surface area contributed by atoms with E-state index in [4.69, 9.17) is 4.42 Å². The predicted octanol–water partition coefficient (Wildman–Crippen LogP) is 3.84. The molecule has 2 heteroatoms. The molecule has 1 aromatic heterocycles. The minimum absolute atomic E-state index is 0.106. The zero-order valence-corrected chi connectivity index (χ0v) is 11.5. The van der Waals surface area contributed by atoms with Crippen molar-refractivity contribution in [3.8, 4) is 0 Å². The average molecular weight is 263 g/mol. The van der Waals surface area contributed by atoms with Crippen molar-refractivity contribution in [3.05, 3.63) is 71.2 Å². The van der Waals surface area contributed by atoms with Crippen molar-refractivity contribution < 1.29 is 4.42 Å². The Morgan fingerprint density at radius 3 is 2.60 bits per heavy atom. The summed E-state index contributed by atoms with van der Waals surface area (Å²) in [5.74, 6) is 0.964. The minimum Gasteiger partial charge on any atom is -0.467 e. The summed E-state index contributed by atoms with van der Waals surface area (Å²) in [7, 11) is 1.98. The molecule has 4 rings (SSSR count). The van der Waals surface area contributed by atoms with Gasteiger partial charge in [-0.2, -0.15) is 0 Å². The Labute approximate surface area is 118 Å². The van der Waals surface area contributed by atoms with Crippen molar-refractivity contribution in [1.82, 2.24) is 5.32 Å². The molecule has 20 heavy (non-hydrogen) atoms. The molecule has 2 nitrogen and oxygen atoms in total. The van der Waals surface area contributed by atoms with Crippen LogP contribution in [0.3, 0.4) is 0 Å². The number of nitrogens with one attached hydrogen (secondary N) is 1. The highest BCUT2D eigenvalue weighted by Gasteiger charge is 2.21. The SMILES string of the molecule is CNC(c1ccco1)c1ccc2c3c(cccc13)CC2. The van der Waals surface area contributed by atoms with Gasteiger partial charge in [-0.3, -0.25) is 0 Å². The van der Waals surface area contributed by atoms with Crippen LogP contribution in [-0.2, 0) is 12.8 Å².